The van der Waals surface area contributed by atoms with E-state index < -0.39 is 10.7 Å². The highest BCUT2D eigenvalue weighted by Gasteiger charge is 2.19. The second-order valence-corrected chi connectivity index (χ2v) is 5.90. The average molecular weight is 316 g/mol. The van der Waals surface area contributed by atoms with Gasteiger partial charge in [0.2, 0.25) is 0 Å². The molecule has 1 aliphatic heterocycles. The van der Waals surface area contributed by atoms with Crippen molar-refractivity contribution in [2.45, 2.75) is 19.8 Å². The number of rotatable bonds is 5. The lowest BCUT2D eigenvalue weighted by atomic mass is 9.99. The van der Waals surface area contributed by atoms with Crippen LogP contribution in [0.2, 0.25) is 5.02 Å². The molecule has 7 heteroatoms. The minimum absolute atomic E-state index is 0.116. The van der Waals surface area contributed by atoms with Gasteiger partial charge >= 0.3 is 0 Å². The second-order valence-electron chi connectivity index (χ2n) is 5.49. The summed E-state index contributed by atoms with van der Waals surface area (Å²) in [6.45, 7) is 5.72. The molecule has 0 atom stereocenters. The number of nitro groups is 1. The first-order valence-electron chi connectivity index (χ1n) is 7.07. The van der Waals surface area contributed by atoms with Crippen LogP contribution in [0.25, 0.3) is 0 Å². The molecule has 1 aromatic carbocycles. The molecular weight excluding hydrogens is 297 g/mol. The smallest absolute Gasteiger partial charge is 0.295 e. The second kappa shape index (κ2) is 7.04. The maximum absolute atomic E-state index is 13.3. The molecule has 21 heavy (non-hydrogen) atoms. The Labute approximate surface area is 128 Å². The highest BCUT2D eigenvalue weighted by atomic mass is 35.5. The molecule has 1 aliphatic rings. The van der Waals surface area contributed by atoms with E-state index in [2.05, 4.69) is 17.1 Å². The zero-order valence-electron chi connectivity index (χ0n) is 11.9. The van der Waals surface area contributed by atoms with Gasteiger partial charge in [-0.1, -0.05) is 18.5 Å². The van der Waals surface area contributed by atoms with E-state index in [1.807, 2.05) is 0 Å². The Hall–Kier alpha value is -1.40. The van der Waals surface area contributed by atoms with E-state index in [-0.39, 0.29) is 16.4 Å². The molecule has 0 spiro atoms. The number of hydrogen-bond acceptors (Lipinski definition) is 4. The van der Waals surface area contributed by atoms with Crippen molar-refractivity contribution in [3.05, 3.63) is 33.1 Å². The van der Waals surface area contributed by atoms with E-state index in [4.69, 9.17) is 11.6 Å². The molecule has 0 amide bonds. The van der Waals surface area contributed by atoms with Gasteiger partial charge in [0.05, 0.1) is 16.0 Å². The van der Waals surface area contributed by atoms with Gasteiger partial charge in [0.1, 0.15) is 11.5 Å². The number of likely N-dealkylation sites (tertiary alicyclic amines) is 1. The Balaban J connectivity index is 1.93. The number of nitrogens with zero attached hydrogens (tertiary/aromatic N) is 2. The fraction of sp³-hybridized carbons (Fsp3) is 0.571. The summed E-state index contributed by atoms with van der Waals surface area (Å²) < 4.78 is 13.3. The molecule has 5 nitrogen and oxygen atoms in total. The van der Waals surface area contributed by atoms with Crippen LogP contribution in [0.1, 0.15) is 19.8 Å². The van der Waals surface area contributed by atoms with E-state index in [1.54, 1.807) is 0 Å². The molecule has 1 fully saturated rings. The van der Waals surface area contributed by atoms with Gasteiger partial charge in [-0.05, 0) is 37.9 Å². The van der Waals surface area contributed by atoms with E-state index in [1.165, 1.54) is 18.9 Å². The molecule has 0 unspecified atom stereocenters. The fourth-order valence-corrected chi connectivity index (χ4v) is 2.63. The SMILES string of the molecule is CC1CCN(CCNc2cc(Cl)c(F)cc2[N+](=O)[O-])CC1. The molecule has 0 bridgehead atoms. The van der Waals surface area contributed by atoms with Crippen molar-refractivity contribution < 1.29 is 9.31 Å². The van der Waals surface area contributed by atoms with E-state index in [0.717, 1.165) is 31.6 Å². The summed E-state index contributed by atoms with van der Waals surface area (Å²) in [5.74, 6) is -0.00913. The van der Waals surface area contributed by atoms with Gasteiger partial charge in [0, 0.05) is 13.1 Å². The first-order valence-corrected chi connectivity index (χ1v) is 7.45. The zero-order valence-corrected chi connectivity index (χ0v) is 12.7. The number of anilines is 1. The Morgan fingerprint density at radius 3 is 2.76 bits per heavy atom. The fourth-order valence-electron chi connectivity index (χ4n) is 2.46. The van der Waals surface area contributed by atoms with Gasteiger partial charge in [0.15, 0.2) is 0 Å². The molecule has 0 aromatic heterocycles. The van der Waals surface area contributed by atoms with Crippen molar-refractivity contribution in [3.8, 4) is 0 Å². The maximum Gasteiger partial charge on any atom is 0.295 e. The van der Waals surface area contributed by atoms with Crippen LogP contribution in [0.4, 0.5) is 15.8 Å². The molecule has 2 rings (SSSR count). The standard InChI is InChI=1S/C14H19ClFN3O2/c1-10-2-5-18(6-3-10)7-4-17-13-8-11(15)12(16)9-14(13)19(20)21/h8-10,17H,2-7H2,1H3. The largest absolute Gasteiger partial charge is 0.378 e. The van der Waals surface area contributed by atoms with Crippen molar-refractivity contribution in [1.82, 2.24) is 4.90 Å². The van der Waals surface area contributed by atoms with Gasteiger partial charge in [-0.3, -0.25) is 10.1 Å². The Bertz CT molecular complexity index is 519. The van der Waals surface area contributed by atoms with Crippen molar-refractivity contribution in [2.75, 3.05) is 31.5 Å². The Morgan fingerprint density at radius 1 is 1.48 bits per heavy atom. The number of hydrogen-bond donors (Lipinski definition) is 1. The quantitative estimate of drug-likeness (QED) is 0.667. The third kappa shape index (κ3) is 4.28. The van der Waals surface area contributed by atoms with Gasteiger partial charge in [-0.15, -0.1) is 0 Å². The maximum atomic E-state index is 13.3. The summed E-state index contributed by atoms with van der Waals surface area (Å²) >= 11 is 5.69. The molecule has 1 aromatic rings. The number of halogens is 2. The van der Waals surface area contributed by atoms with Crippen LogP contribution in [0.5, 0.6) is 0 Å². The zero-order chi connectivity index (χ0) is 15.4. The Kier molecular flexibility index (Phi) is 5.36. The molecular formula is C14H19ClFN3O2. The molecule has 1 N–H and O–H groups in total. The molecule has 1 saturated heterocycles. The first kappa shape index (κ1) is 16.0. The summed E-state index contributed by atoms with van der Waals surface area (Å²) in [6, 6.07) is 2.13. The lowest BCUT2D eigenvalue weighted by molar-refractivity contribution is -0.384. The van der Waals surface area contributed by atoms with Gasteiger partial charge in [-0.25, -0.2) is 4.39 Å². The minimum atomic E-state index is -0.779. The molecule has 1 heterocycles. The summed E-state index contributed by atoms with van der Waals surface area (Å²) in [4.78, 5) is 12.6. The average Bonchev–Trinajstić information content (AvgIpc) is 2.44. The lowest BCUT2D eigenvalue weighted by Gasteiger charge is -2.30. The van der Waals surface area contributed by atoms with Crippen LogP contribution in [0, 0.1) is 21.8 Å². The predicted molar refractivity (Wildman–Crippen MR) is 81.4 cm³/mol. The van der Waals surface area contributed by atoms with E-state index >= 15 is 0 Å². The highest BCUT2D eigenvalue weighted by Crippen LogP contribution is 2.30. The van der Waals surface area contributed by atoms with Crippen LogP contribution in [0.15, 0.2) is 12.1 Å². The monoisotopic (exact) mass is 315 g/mol. The number of nitro benzene ring substituents is 1. The molecule has 0 radical (unpaired) electrons. The van der Waals surface area contributed by atoms with Crippen molar-refractivity contribution in [3.63, 3.8) is 0 Å². The lowest BCUT2D eigenvalue weighted by Crippen LogP contribution is -2.36. The van der Waals surface area contributed by atoms with E-state index in [0.29, 0.717) is 6.54 Å². The van der Waals surface area contributed by atoms with Gasteiger partial charge in [-0.2, -0.15) is 0 Å². The molecule has 116 valence electrons. The summed E-state index contributed by atoms with van der Waals surface area (Å²) in [5.41, 5.74) is -0.0269. The van der Waals surface area contributed by atoms with Crippen molar-refractivity contribution in [1.29, 1.82) is 0 Å². The number of piperidine rings is 1. The minimum Gasteiger partial charge on any atom is -0.378 e. The normalized spacial score (nSPS) is 16.9. The number of benzene rings is 1. The van der Waals surface area contributed by atoms with Crippen molar-refractivity contribution >= 4 is 23.0 Å². The third-order valence-electron chi connectivity index (χ3n) is 3.86. The van der Waals surface area contributed by atoms with Crippen LogP contribution in [-0.4, -0.2) is 36.0 Å². The third-order valence-corrected chi connectivity index (χ3v) is 4.14. The summed E-state index contributed by atoms with van der Waals surface area (Å²) in [5, 5.41) is 13.8. The van der Waals surface area contributed by atoms with Gasteiger partial charge < -0.3 is 10.2 Å². The van der Waals surface area contributed by atoms with Gasteiger partial charge in [0.25, 0.3) is 5.69 Å². The molecule has 0 aliphatic carbocycles. The summed E-state index contributed by atoms with van der Waals surface area (Å²) in [7, 11) is 0. The van der Waals surface area contributed by atoms with E-state index in [9.17, 15) is 14.5 Å². The van der Waals surface area contributed by atoms with Crippen LogP contribution in [-0.2, 0) is 0 Å². The van der Waals surface area contributed by atoms with Crippen LogP contribution >= 0.6 is 11.6 Å². The predicted octanol–water partition coefficient (Wildman–Crippen LogP) is 3.53. The van der Waals surface area contributed by atoms with Crippen LogP contribution in [0.3, 0.4) is 0 Å². The number of nitrogens with one attached hydrogen (secondary N) is 1. The molecule has 0 saturated carbocycles. The highest BCUT2D eigenvalue weighted by molar-refractivity contribution is 6.31. The van der Waals surface area contributed by atoms with Crippen LogP contribution < -0.4 is 5.32 Å². The topological polar surface area (TPSA) is 58.4 Å². The van der Waals surface area contributed by atoms with Crippen molar-refractivity contribution in [2.24, 2.45) is 5.92 Å². The Morgan fingerprint density at radius 2 is 2.14 bits per heavy atom. The first-order chi connectivity index (χ1) is 9.97. The summed E-state index contributed by atoms with van der Waals surface area (Å²) in [6.07, 6.45) is 2.37.